The van der Waals surface area contributed by atoms with Crippen LogP contribution in [0.2, 0.25) is 0 Å². The lowest BCUT2D eigenvalue weighted by Crippen LogP contribution is -2.43. The number of rotatable bonds is 0. The molecule has 0 aliphatic carbocycles. The average Bonchev–Trinajstić information content (AvgIpc) is 2.30. The minimum Gasteiger partial charge on any atom is -0.382 e. The second kappa shape index (κ2) is 3.53. The summed E-state index contributed by atoms with van der Waals surface area (Å²) in [6, 6.07) is 9.28. The van der Waals surface area contributed by atoms with E-state index in [4.69, 9.17) is 4.74 Å². The summed E-state index contributed by atoms with van der Waals surface area (Å²) in [5.74, 6) is 1.27. The summed E-state index contributed by atoms with van der Waals surface area (Å²) in [6.45, 7) is 4.14. The van der Waals surface area contributed by atoms with E-state index in [-0.39, 0.29) is 0 Å². The highest BCUT2D eigenvalue weighted by Crippen LogP contribution is 2.40. The molecule has 2 nitrogen and oxygen atoms in total. The van der Waals surface area contributed by atoms with Gasteiger partial charge in [-0.05, 0) is 24.0 Å². The number of anilines is 1. The van der Waals surface area contributed by atoms with Crippen molar-refractivity contribution in [1.29, 1.82) is 0 Å². The zero-order chi connectivity index (χ0) is 10.3. The van der Waals surface area contributed by atoms with E-state index in [0.29, 0.717) is 17.9 Å². The fourth-order valence-corrected chi connectivity index (χ4v) is 2.89. The molecule has 0 bridgehead atoms. The van der Waals surface area contributed by atoms with Crippen molar-refractivity contribution in [2.45, 2.75) is 25.3 Å². The Kier molecular flexibility index (Phi) is 2.17. The predicted molar refractivity (Wildman–Crippen MR) is 61.2 cm³/mol. The Hall–Kier alpha value is -1.02. The standard InChI is InChI=1S/C13H17NO/c1-9-10-4-2-3-5-12(10)14-13-6-7-15-8-11(9)13/h2-5,9,11,13-14H,6-8H2,1H3/t9-,11+,13+/m1/s1. The van der Waals surface area contributed by atoms with Gasteiger partial charge in [-0.3, -0.25) is 0 Å². The maximum absolute atomic E-state index is 5.58. The van der Waals surface area contributed by atoms with E-state index in [9.17, 15) is 0 Å². The van der Waals surface area contributed by atoms with Gasteiger partial charge in [0.2, 0.25) is 0 Å². The first-order chi connectivity index (χ1) is 7.36. The topological polar surface area (TPSA) is 21.3 Å². The molecule has 0 radical (unpaired) electrons. The van der Waals surface area contributed by atoms with E-state index in [1.165, 1.54) is 11.3 Å². The van der Waals surface area contributed by atoms with Crippen LogP contribution in [0.4, 0.5) is 5.69 Å². The minimum atomic E-state index is 0.614. The van der Waals surface area contributed by atoms with Crippen LogP contribution in [-0.2, 0) is 4.74 Å². The lowest BCUT2D eigenvalue weighted by Gasteiger charge is -2.41. The highest BCUT2D eigenvalue weighted by Gasteiger charge is 2.35. The summed E-state index contributed by atoms with van der Waals surface area (Å²) in [5.41, 5.74) is 2.78. The molecule has 3 atom stereocenters. The van der Waals surface area contributed by atoms with Gasteiger partial charge in [0.1, 0.15) is 0 Å². The molecule has 2 aliphatic rings. The molecule has 3 rings (SSSR count). The number of ether oxygens (including phenoxy) is 1. The summed E-state index contributed by atoms with van der Waals surface area (Å²) in [5, 5.41) is 3.65. The van der Waals surface area contributed by atoms with Crippen LogP contribution in [0.5, 0.6) is 0 Å². The molecule has 0 saturated carbocycles. The first kappa shape index (κ1) is 9.22. The van der Waals surface area contributed by atoms with Crippen molar-refractivity contribution in [2.24, 2.45) is 5.92 Å². The van der Waals surface area contributed by atoms with Gasteiger partial charge in [-0.2, -0.15) is 0 Å². The molecule has 1 N–H and O–H groups in total. The predicted octanol–water partition coefficient (Wildman–Crippen LogP) is 2.62. The summed E-state index contributed by atoms with van der Waals surface area (Å²) >= 11 is 0. The smallest absolute Gasteiger partial charge is 0.0519 e. The Balaban J connectivity index is 1.98. The molecule has 15 heavy (non-hydrogen) atoms. The number of fused-ring (bicyclic) bond motifs is 2. The van der Waals surface area contributed by atoms with Gasteiger partial charge in [-0.25, -0.2) is 0 Å². The van der Waals surface area contributed by atoms with Gasteiger partial charge in [0.05, 0.1) is 6.61 Å². The van der Waals surface area contributed by atoms with Crippen molar-refractivity contribution in [1.82, 2.24) is 0 Å². The van der Waals surface area contributed by atoms with E-state index in [1.54, 1.807) is 0 Å². The molecule has 1 saturated heterocycles. The monoisotopic (exact) mass is 203 g/mol. The van der Waals surface area contributed by atoms with E-state index >= 15 is 0 Å². The largest absolute Gasteiger partial charge is 0.382 e. The van der Waals surface area contributed by atoms with Crippen LogP contribution in [0, 0.1) is 5.92 Å². The number of para-hydroxylation sites is 1. The maximum Gasteiger partial charge on any atom is 0.0519 e. The molecule has 80 valence electrons. The second-order valence-corrected chi connectivity index (χ2v) is 4.65. The Morgan fingerprint density at radius 2 is 2.20 bits per heavy atom. The van der Waals surface area contributed by atoms with E-state index < -0.39 is 0 Å². The van der Waals surface area contributed by atoms with Crippen molar-refractivity contribution in [3.8, 4) is 0 Å². The maximum atomic E-state index is 5.58. The SMILES string of the molecule is C[C@@H]1c2ccccc2N[C@H]2CCOC[C@H]21. The summed E-state index contributed by atoms with van der Waals surface area (Å²) in [7, 11) is 0. The molecule has 1 aromatic carbocycles. The molecule has 2 heteroatoms. The van der Waals surface area contributed by atoms with Crippen molar-refractivity contribution in [3.63, 3.8) is 0 Å². The third-order valence-corrected chi connectivity index (χ3v) is 3.83. The Morgan fingerprint density at radius 3 is 3.13 bits per heavy atom. The third-order valence-electron chi connectivity index (χ3n) is 3.83. The van der Waals surface area contributed by atoms with Crippen molar-refractivity contribution in [2.75, 3.05) is 18.5 Å². The highest BCUT2D eigenvalue weighted by molar-refractivity contribution is 5.56. The quantitative estimate of drug-likeness (QED) is 0.700. The molecular weight excluding hydrogens is 186 g/mol. The molecule has 2 aliphatic heterocycles. The highest BCUT2D eigenvalue weighted by atomic mass is 16.5. The molecule has 2 heterocycles. The van der Waals surface area contributed by atoms with E-state index in [2.05, 4.69) is 36.5 Å². The average molecular weight is 203 g/mol. The first-order valence-corrected chi connectivity index (χ1v) is 5.79. The fourth-order valence-electron chi connectivity index (χ4n) is 2.89. The van der Waals surface area contributed by atoms with Gasteiger partial charge >= 0.3 is 0 Å². The van der Waals surface area contributed by atoms with Gasteiger partial charge < -0.3 is 10.1 Å². The van der Waals surface area contributed by atoms with E-state index in [1.807, 2.05) is 0 Å². The van der Waals surface area contributed by atoms with Crippen LogP contribution in [0.1, 0.15) is 24.8 Å². The lowest BCUT2D eigenvalue weighted by atomic mass is 9.77. The van der Waals surface area contributed by atoms with Crippen LogP contribution < -0.4 is 5.32 Å². The molecule has 1 fully saturated rings. The van der Waals surface area contributed by atoms with Crippen LogP contribution in [0.15, 0.2) is 24.3 Å². The summed E-state index contributed by atoms with van der Waals surface area (Å²) in [6.07, 6.45) is 1.14. The zero-order valence-corrected chi connectivity index (χ0v) is 9.07. The third kappa shape index (κ3) is 1.44. The summed E-state index contributed by atoms with van der Waals surface area (Å²) in [4.78, 5) is 0. The Labute approximate surface area is 90.6 Å². The number of hydrogen-bond donors (Lipinski definition) is 1. The van der Waals surface area contributed by atoms with Gasteiger partial charge in [-0.15, -0.1) is 0 Å². The molecular formula is C13H17NO. The molecule has 0 spiro atoms. The van der Waals surface area contributed by atoms with Gasteiger partial charge in [0.25, 0.3) is 0 Å². The molecule has 0 aromatic heterocycles. The first-order valence-electron chi connectivity index (χ1n) is 5.79. The minimum absolute atomic E-state index is 0.614. The van der Waals surface area contributed by atoms with Crippen LogP contribution in [0.3, 0.4) is 0 Å². The zero-order valence-electron chi connectivity index (χ0n) is 9.07. The normalized spacial score (nSPS) is 33.8. The van der Waals surface area contributed by atoms with E-state index in [0.717, 1.165) is 19.6 Å². The van der Waals surface area contributed by atoms with Gasteiger partial charge in [-0.1, -0.05) is 25.1 Å². The Bertz CT molecular complexity index is 363. The van der Waals surface area contributed by atoms with Crippen LogP contribution in [-0.4, -0.2) is 19.3 Å². The van der Waals surface area contributed by atoms with Crippen molar-refractivity contribution >= 4 is 5.69 Å². The van der Waals surface area contributed by atoms with Crippen molar-refractivity contribution in [3.05, 3.63) is 29.8 Å². The van der Waals surface area contributed by atoms with Gasteiger partial charge in [0, 0.05) is 24.3 Å². The van der Waals surface area contributed by atoms with Gasteiger partial charge in [0.15, 0.2) is 0 Å². The molecule has 1 aromatic rings. The van der Waals surface area contributed by atoms with Crippen molar-refractivity contribution < 1.29 is 4.74 Å². The van der Waals surface area contributed by atoms with Crippen LogP contribution in [0.25, 0.3) is 0 Å². The Morgan fingerprint density at radius 1 is 1.33 bits per heavy atom. The fraction of sp³-hybridized carbons (Fsp3) is 0.538. The molecule has 0 unspecified atom stereocenters. The number of nitrogens with one attached hydrogen (secondary N) is 1. The second-order valence-electron chi connectivity index (χ2n) is 4.65. The van der Waals surface area contributed by atoms with Crippen LogP contribution >= 0.6 is 0 Å². The summed E-state index contributed by atoms with van der Waals surface area (Å²) < 4.78 is 5.58. The number of benzene rings is 1. The molecule has 0 amide bonds. The lowest BCUT2D eigenvalue weighted by molar-refractivity contribution is 0.0358. The number of hydrogen-bond acceptors (Lipinski definition) is 2.